The molecule has 2 aromatic rings. The van der Waals surface area contributed by atoms with Crippen LogP contribution in [0.25, 0.3) is 5.57 Å². The summed E-state index contributed by atoms with van der Waals surface area (Å²) in [4.78, 5) is 0. The Morgan fingerprint density at radius 3 is 2.46 bits per heavy atom. The van der Waals surface area contributed by atoms with Crippen molar-refractivity contribution in [1.29, 1.82) is 10.5 Å². The first-order chi connectivity index (χ1) is 11.8. The molecule has 0 heterocycles. The van der Waals surface area contributed by atoms with Crippen molar-refractivity contribution in [2.75, 3.05) is 0 Å². The molecule has 2 aromatic carbocycles. The van der Waals surface area contributed by atoms with Gasteiger partial charge in [-0.1, -0.05) is 55.5 Å². The summed E-state index contributed by atoms with van der Waals surface area (Å²) in [5.74, 6) is 0.407. The van der Waals surface area contributed by atoms with Crippen molar-refractivity contribution in [1.82, 2.24) is 0 Å². The zero-order valence-corrected chi connectivity index (χ0v) is 13.5. The Kier molecular flexibility index (Phi) is 2.47. The van der Waals surface area contributed by atoms with Crippen molar-refractivity contribution in [3.05, 3.63) is 76.4 Å². The highest BCUT2D eigenvalue weighted by Crippen LogP contribution is 2.85. The van der Waals surface area contributed by atoms with Crippen LogP contribution < -0.4 is 0 Å². The molecule has 0 aromatic heterocycles. The molecule has 4 atom stereocenters. The van der Waals surface area contributed by atoms with Crippen molar-refractivity contribution in [3.8, 4) is 12.1 Å². The summed E-state index contributed by atoms with van der Waals surface area (Å²) in [6.07, 6.45) is 0.999. The lowest BCUT2D eigenvalue weighted by Gasteiger charge is -2.14. The Labute approximate surface area is 141 Å². The summed E-state index contributed by atoms with van der Waals surface area (Å²) in [5, 5.41) is 19.9. The van der Waals surface area contributed by atoms with E-state index in [2.05, 4.69) is 49.4 Å². The van der Waals surface area contributed by atoms with Gasteiger partial charge in [0, 0.05) is 23.3 Å². The average molecular weight is 308 g/mol. The average Bonchev–Trinajstić information content (AvgIpc) is 3.13. The molecule has 2 nitrogen and oxygen atoms in total. The third-order valence-electron chi connectivity index (χ3n) is 6.23. The molecule has 5 rings (SSSR count). The van der Waals surface area contributed by atoms with Crippen LogP contribution in [0, 0.1) is 34.0 Å². The van der Waals surface area contributed by atoms with Crippen molar-refractivity contribution < 1.29 is 0 Å². The molecule has 0 amide bonds. The van der Waals surface area contributed by atoms with E-state index in [0.29, 0.717) is 0 Å². The Morgan fingerprint density at radius 2 is 1.79 bits per heavy atom. The predicted octanol–water partition coefficient (Wildman–Crippen LogP) is 4.56. The van der Waals surface area contributed by atoms with E-state index in [0.717, 1.165) is 23.1 Å². The van der Waals surface area contributed by atoms with E-state index in [4.69, 9.17) is 0 Å². The van der Waals surface area contributed by atoms with E-state index in [1.807, 2.05) is 18.2 Å². The van der Waals surface area contributed by atoms with Gasteiger partial charge in [0.1, 0.15) is 0 Å². The fourth-order valence-electron chi connectivity index (χ4n) is 5.24. The summed E-state index contributed by atoms with van der Waals surface area (Å²) in [6, 6.07) is 21.8. The maximum Gasteiger partial charge on any atom is 0.0957 e. The van der Waals surface area contributed by atoms with Gasteiger partial charge in [-0.25, -0.2) is 0 Å². The number of aryl methyl sites for hydroxylation is 1. The summed E-state index contributed by atoms with van der Waals surface area (Å²) in [6.45, 7) is 2.16. The number of allylic oxidation sites excluding steroid dienone is 2. The summed E-state index contributed by atoms with van der Waals surface area (Å²) >= 11 is 0. The van der Waals surface area contributed by atoms with Gasteiger partial charge < -0.3 is 0 Å². The summed E-state index contributed by atoms with van der Waals surface area (Å²) < 4.78 is 0. The molecule has 0 radical (unpaired) electrons. The van der Waals surface area contributed by atoms with Crippen LogP contribution in [-0.2, 0) is 6.42 Å². The van der Waals surface area contributed by atoms with Crippen LogP contribution in [0.4, 0.5) is 0 Å². The van der Waals surface area contributed by atoms with Crippen LogP contribution in [0.3, 0.4) is 0 Å². The first-order valence-electron chi connectivity index (χ1n) is 8.51. The molecule has 1 saturated carbocycles. The number of fused-ring (bicyclic) bond motifs is 4. The molecule has 2 unspecified atom stereocenters. The molecule has 3 aliphatic carbocycles. The zero-order valence-electron chi connectivity index (χ0n) is 13.5. The molecular weight excluding hydrogens is 292 g/mol. The van der Waals surface area contributed by atoms with Crippen molar-refractivity contribution in [2.24, 2.45) is 11.3 Å². The second-order valence-electron chi connectivity index (χ2n) is 7.06. The van der Waals surface area contributed by atoms with Gasteiger partial charge in [-0.2, -0.15) is 10.5 Å². The van der Waals surface area contributed by atoms with E-state index in [9.17, 15) is 10.5 Å². The third kappa shape index (κ3) is 1.32. The van der Waals surface area contributed by atoms with Gasteiger partial charge in [-0.15, -0.1) is 0 Å². The van der Waals surface area contributed by atoms with E-state index >= 15 is 0 Å². The lowest BCUT2D eigenvalue weighted by atomic mass is 9.85. The Morgan fingerprint density at radius 1 is 1.00 bits per heavy atom. The van der Waals surface area contributed by atoms with Crippen LogP contribution in [0.15, 0.2) is 54.1 Å². The van der Waals surface area contributed by atoms with Crippen molar-refractivity contribution in [2.45, 2.75) is 25.2 Å². The normalized spacial score (nSPS) is 31.2. The number of hydrogen-bond donors (Lipinski definition) is 0. The van der Waals surface area contributed by atoms with Crippen LogP contribution in [0.2, 0.25) is 0 Å². The topological polar surface area (TPSA) is 47.6 Å². The molecule has 1 fully saturated rings. The van der Waals surface area contributed by atoms with Gasteiger partial charge in [0.25, 0.3) is 0 Å². The fraction of sp³-hybridized carbons (Fsp3) is 0.273. The number of rotatable bonds is 2. The molecule has 0 saturated heterocycles. The quantitative estimate of drug-likeness (QED) is 0.816. The van der Waals surface area contributed by atoms with Crippen LogP contribution in [-0.4, -0.2) is 0 Å². The van der Waals surface area contributed by atoms with Crippen molar-refractivity contribution >= 4 is 5.57 Å². The summed E-state index contributed by atoms with van der Waals surface area (Å²) in [7, 11) is 0. The van der Waals surface area contributed by atoms with Crippen molar-refractivity contribution in [3.63, 3.8) is 0 Å². The Balaban J connectivity index is 1.76. The Bertz CT molecular complexity index is 987. The highest BCUT2D eigenvalue weighted by atomic mass is 14.8. The van der Waals surface area contributed by atoms with Gasteiger partial charge in [0.2, 0.25) is 0 Å². The van der Waals surface area contributed by atoms with Gasteiger partial charge >= 0.3 is 0 Å². The number of hydrogen-bond acceptors (Lipinski definition) is 2. The smallest absolute Gasteiger partial charge is 0.0957 e. The lowest BCUT2D eigenvalue weighted by Crippen LogP contribution is -2.09. The SMILES string of the molecule is CCc1ccc2c(c1)C1C3C(c4ccccc4)=C(C#N)[C@H]2[C@@]31C#N. The molecule has 0 spiro atoms. The van der Waals surface area contributed by atoms with E-state index < -0.39 is 5.41 Å². The van der Waals surface area contributed by atoms with Crippen LogP contribution >= 0.6 is 0 Å². The van der Waals surface area contributed by atoms with Gasteiger partial charge in [-0.3, -0.25) is 0 Å². The molecular formula is C22H16N2. The molecule has 0 N–H and O–H groups in total. The first kappa shape index (κ1) is 13.6. The highest BCUT2D eigenvalue weighted by Gasteiger charge is 2.79. The number of benzene rings is 2. The Hall–Kier alpha value is -2.84. The maximum absolute atomic E-state index is 10.0. The second kappa shape index (κ2) is 4.37. The minimum absolute atomic E-state index is 0.0430. The van der Waals surface area contributed by atoms with E-state index in [1.54, 1.807) is 0 Å². The molecule has 114 valence electrons. The molecule has 24 heavy (non-hydrogen) atoms. The fourth-order valence-corrected chi connectivity index (χ4v) is 5.24. The maximum atomic E-state index is 10.0. The largest absolute Gasteiger partial charge is 0.198 e. The molecule has 2 heteroatoms. The minimum atomic E-state index is -0.412. The molecule has 0 aliphatic heterocycles. The zero-order chi connectivity index (χ0) is 16.5. The van der Waals surface area contributed by atoms with Gasteiger partial charge in [0.05, 0.1) is 17.6 Å². The monoisotopic (exact) mass is 308 g/mol. The van der Waals surface area contributed by atoms with Gasteiger partial charge in [0.15, 0.2) is 0 Å². The highest BCUT2D eigenvalue weighted by molar-refractivity contribution is 5.89. The summed E-state index contributed by atoms with van der Waals surface area (Å²) in [5.41, 5.74) is 6.45. The third-order valence-corrected chi connectivity index (χ3v) is 6.23. The number of nitrogens with zero attached hydrogens (tertiary/aromatic N) is 2. The van der Waals surface area contributed by atoms with Gasteiger partial charge in [-0.05, 0) is 34.2 Å². The first-order valence-corrected chi connectivity index (χ1v) is 8.51. The van der Waals surface area contributed by atoms with E-state index in [1.165, 1.54) is 16.7 Å². The van der Waals surface area contributed by atoms with Crippen LogP contribution in [0.5, 0.6) is 0 Å². The standard InChI is InChI=1S/C22H16N2/c1-2-13-8-9-15-16(10-13)20-21-18(14-6-4-3-5-7-14)17(11-23)19(15)22(20,21)12-24/h3-10,19-21H,2H2,1H3/t19-,20?,21?,22+/m0/s1. The van der Waals surface area contributed by atoms with E-state index in [-0.39, 0.29) is 17.8 Å². The number of nitriles is 2. The lowest BCUT2D eigenvalue weighted by molar-refractivity contribution is 0.590. The van der Waals surface area contributed by atoms with Crippen LogP contribution in [0.1, 0.15) is 41.0 Å². The second-order valence-corrected chi connectivity index (χ2v) is 7.06. The molecule has 3 aliphatic rings. The predicted molar refractivity (Wildman–Crippen MR) is 91.8 cm³/mol. The molecule has 0 bridgehead atoms. The minimum Gasteiger partial charge on any atom is -0.198 e.